The molecule has 7 nitrogen and oxygen atoms in total. The van der Waals surface area contributed by atoms with Gasteiger partial charge in [-0.05, 0) is 24.1 Å². The lowest BCUT2D eigenvalue weighted by atomic mass is 10.2. The third-order valence-electron chi connectivity index (χ3n) is 3.28. The molecule has 0 amide bonds. The van der Waals surface area contributed by atoms with E-state index < -0.39 is 14.9 Å². The van der Waals surface area contributed by atoms with Gasteiger partial charge in [0, 0.05) is 30.9 Å². The van der Waals surface area contributed by atoms with Crippen LogP contribution in [0.15, 0.2) is 54.6 Å². The normalized spacial score (nSPS) is 11.2. The molecule has 0 fully saturated rings. The fourth-order valence-corrected chi connectivity index (χ4v) is 3.28. The lowest BCUT2D eigenvalue weighted by Gasteiger charge is -2.08. The van der Waals surface area contributed by atoms with Crippen molar-refractivity contribution in [2.24, 2.45) is 0 Å². The Morgan fingerprint density at radius 2 is 1.62 bits per heavy atom. The van der Waals surface area contributed by atoms with Crippen LogP contribution in [0, 0.1) is 10.1 Å². The largest absolute Gasteiger partial charge is 0.385 e. The molecule has 0 unspecified atom stereocenters. The Hall–Kier alpha value is -2.45. The summed E-state index contributed by atoms with van der Waals surface area (Å²) in [7, 11) is -3.35. The van der Waals surface area contributed by atoms with Crippen LogP contribution in [0.25, 0.3) is 0 Å². The Labute approximate surface area is 140 Å². The van der Waals surface area contributed by atoms with Gasteiger partial charge < -0.3 is 5.32 Å². The predicted octanol–water partition coefficient (Wildman–Crippen LogP) is 2.52. The van der Waals surface area contributed by atoms with Gasteiger partial charge in [-0.3, -0.25) is 10.1 Å². The van der Waals surface area contributed by atoms with Crippen molar-refractivity contribution in [3.8, 4) is 0 Å². The monoisotopic (exact) mass is 349 g/mol. The number of benzene rings is 2. The fourth-order valence-electron chi connectivity index (χ4n) is 2.09. The quantitative estimate of drug-likeness (QED) is 0.411. The minimum absolute atomic E-state index is 0.0363. The second-order valence-corrected chi connectivity index (χ2v) is 7.03. The van der Waals surface area contributed by atoms with Gasteiger partial charge in [0.2, 0.25) is 10.0 Å². The van der Waals surface area contributed by atoms with Crippen molar-refractivity contribution < 1.29 is 13.3 Å². The second kappa shape index (κ2) is 8.42. The van der Waals surface area contributed by atoms with Crippen LogP contribution in [0.1, 0.15) is 12.0 Å². The number of anilines is 1. The molecular formula is C16H19N3O4S. The molecule has 128 valence electrons. The number of nitrogens with one attached hydrogen (secondary N) is 2. The summed E-state index contributed by atoms with van der Waals surface area (Å²) in [5.41, 5.74) is 1.54. The minimum atomic E-state index is -3.35. The van der Waals surface area contributed by atoms with Gasteiger partial charge in [0.1, 0.15) is 0 Å². The molecule has 0 bridgehead atoms. The summed E-state index contributed by atoms with van der Waals surface area (Å²) in [5, 5.41) is 13.6. The number of rotatable bonds is 9. The van der Waals surface area contributed by atoms with Gasteiger partial charge >= 0.3 is 0 Å². The van der Waals surface area contributed by atoms with E-state index in [0.717, 1.165) is 11.3 Å². The average Bonchev–Trinajstić information content (AvgIpc) is 2.55. The summed E-state index contributed by atoms with van der Waals surface area (Å²) in [6.45, 7) is 0.890. The Bertz CT molecular complexity index is 762. The minimum Gasteiger partial charge on any atom is -0.385 e. The van der Waals surface area contributed by atoms with E-state index in [0.29, 0.717) is 19.5 Å². The highest BCUT2D eigenvalue weighted by atomic mass is 32.2. The lowest BCUT2D eigenvalue weighted by Crippen LogP contribution is -2.27. The first-order valence-corrected chi connectivity index (χ1v) is 9.11. The number of nitro groups is 1. The van der Waals surface area contributed by atoms with Gasteiger partial charge in [-0.2, -0.15) is 0 Å². The maximum absolute atomic E-state index is 11.9. The Kier molecular flexibility index (Phi) is 6.28. The molecule has 0 aliphatic carbocycles. The molecule has 24 heavy (non-hydrogen) atoms. The van der Waals surface area contributed by atoms with Crippen LogP contribution in [0.5, 0.6) is 0 Å². The van der Waals surface area contributed by atoms with Crippen LogP contribution < -0.4 is 10.0 Å². The van der Waals surface area contributed by atoms with Gasteiger partial charge in [0.05, 0.1) is 10.7 Å². The molecule has 2 aromatic rings. The maximum Gasteiger partial charge on any atom is 0.269 e. The van der Waals surface area contributed by atoms with Crippen molar-refractivity contribution in [1.29, 1.82) is 0 Å². The van der Waals surface area contributed by atoms with Crippen molar-refractivity contribution in [2.75, 3.05) is 18.4 Å². The van der Waals surface area contributed by atoms with E-state index in [2.05, 4.69) is 10.0 Å². The van der Waals surface area contributed by atoms with E-state index in [1.54, 1.807) is 36.4 Å². The second-order valence-electron chi connectivity index (χ2n) is 5.22. The fraction of sp³-hybridized carbons (Fsp3) is 0.250. The van der Waals surface area contributed by atoms with Crippen LogP contribution >= 0.6 is 0 Å². The summed E-state index contributed by atoms with van der Waals surface area (Å²) in [4.78, 5) is 10.1. The molecule has 0 aromatic heterocycles. The van der Waals surface area contributed by atoms with Crippen LogP contribution in [-0.4, -0.2) is 26.4 Å². The van der Waals surface area contributed by atoms with E-state index in [1.165, 1.54) is 12.1 Å². The molecule has 2 aromatic carbocycles. The highest BCUT2D eigenvalue weighted by Crippen LogP contribution is 2.15. The number of hydrogen-bond acceptors (Lipinski definition) is 5. The zero-order valence-corrected chi connectivity index (χ0v) is 13.8. The first-order valence-electron chi connectivity index (χ1n) is 7.46. The van der Waals surface area contributed by atoms with Crippen LogP contribution in [0.3, 0.4) is 0 Å². The number of non-ortho nitro benzene ring substituents is 1. The van der Waals surface area contributed by atoms with Crippen molar-refractivity contribution in [3.63, 3.8) is 0 Å². The van der Waals surface area contributed by atoms with E-state index in [-0.39, 0.29) is 11.4 Å². The van der Waals surface area contributed by atoms with Crippen molar-refractivity contribution in [1.82, 2.24) is 4.72 Å². The molecule has 0 heterocycles. The van der Waals surface area contributed by atoms with Crippen molar-refractivity contribution in [3.05, 3.63) is 70.3 Å². The Morgan fingerprint density at radius 1 is 0.958 bits per heavy atom. The highest BCUT2D eigenvalue weighted by molar-refractivity contribution is 7.88. The molecule has 0 spiro atoms. The van der Waals surface area contributed by atoms with Crippen LogP contribution in [-0.2, 0) is 15.8 Å². The van der Waals surface area contributed by atoms with Crippen LogP contribution in [0.4, 0.5) is 11.4 Å². The van der Waals surface area contributed by atoms with Gasteiger partial charge in [-0.25, -0.2) is 13.1 Å². The number of nitro benzene ring substituents is 1. The predicted molar refractivity (Wildman–Crippen MR) is 93.3 cm³/mol. The Morgan fingerprint density at radius 3 is 2.25 bits per heavy atom. The van der Waals surface area contributed by atoms with Crippen molar-refractivity contribution in [2.45, 2.75) is 12.2 Å². The third kappa shape index (κ3) is 5.98. The summed E-state index contributed by atoms with van der Waals surface area (Å²) in [6, 6.07) is 15.1. The molecule has 0 saturated carbocycles. The molecule has 0 atom stereocenters. The molecule has 0 radical (unpaired) electrons. The third-order valence-corrected chi connectivity index (χ3v) is 4.64. The Balaban J connectivity index is 1.69. The average molecular weight is 349 g/mol. The first kappa shape index (κ1) is 17.9. The molecule has 0 saturated heterocycles. The van der Waals surface area contributed by atoms with E-state index in [4.69, 9.17) is 0 Å². The lowest BCUT2D eigenvalue weighted by molar-refractivity contribution is -0.384. The summed E-state index contributed by atoms with van der Waals surface area (Å²) >= 11 is 0. The van der Waals surface area contributed by atoms with Gasteiger partial charge in [-0.15, -0.1) is 0 Å². The highest BCUT2D eigenvalue weighted by Gasteiger charge is 2.10. The zero-order chi connectivity index (χ0) is 17.4. The zero-order valence-electron chi connectivity index (χ0n) is 13.0. The van der Waals surface area contributed by atoms with Gasteiger partial charge in [-0.1, -0.05) is 30.3 Å². The molecule has 0 aliphatic heterocycles. The summed E-state index contributed by atoms with van der Waals surface area (Å²) in [6.07, 6.45) is 0.602. The maximum atomic E-state index is 11.9. The molecule has 8 heteroatoms. The molecule has 2 rings (SSSR count). The van der Waals surface area contributed by atoms with E-state index in [9.17, 15) is 18.5 Å². The molecule has 2 N–H and O–H groups in total. The van der Waals surface area contributed by atoms with Crippen LogP contribution in [0.2, 0.25) is 0 Å². The molecular weight excluding hydrogens is 330 g/mol. The number of nitrogens with zero attached hydrogens (tertiary/aromatic N) is 1. The number of sulfonamides is 1. The van der Waals surface area contributed by atoms with Gasteiger partial charge in [0.15, 0.2) is 0 Å². The van der Waals surface area contributed by atoms with E-state index >= 15 is 0 Å². The first-order chi connectivity index (χ1) is 11.5. The SMILES string of the molecule is O=[N+]([O-])c1ccc(NCCCNS(=O)(=O)Cc2ccccc2)cc1. The summed E-state index contributed by atoms with van der Waals surface area (Å²) < 4.78 is 26.4. The van der Waals surface area contributed by atoms with Gasteiger partial charge in [0.25, 0.3) is 5.69 Å². The standard InChI is InChI=1S/C16H19N3O4S/c20-19(21)16-9-7-15(8-10-16)17-11-4-12-18-24(22,23)13-14-5-2-1-3-6-14/h1-3,5-10,17-18H,4,11-13H2. The summed E-state index contributed by atoms with van der Waals surface area (Å²) in [5.74, 6) is -0.0381. The topological polar surface area (TPSA) is 101 Å². The molecule has 0 aliphatic rings. The van der Waals surface area contributed by atoms with Crippen molar-refractivity contribution >= 4 is 21.4 Å². The smallest absolute Gasteiger partial charge is 0.269 e. The van der Waals surface area contributed by atoms with E-state index in [1.807, 2.05) is 6.07 Å². The number of hydrogen-bond donors (Lipinski definition) is 2.